The van der Waals surface area contributed by atoms with Gasteiger partial charge in [0.05, 0.1) is 5.92 Å². The largest absolute Gasteiger partial charge is 0.393 e. The molecule has 1 aliphatic heterocycles. The van der Waals surface area contributed by atoms with Crippen LogP contribution in [0.15, 0.2) is 24.3 Å². The molecule has 25 heavy (non-hydrogen) atoms. The molecule has 9 heteroatoms. The minimum absolute atomic E-state index is 0.0461. The molecule has 2 rings (SSSR count). The lowest BCUT2D eigenvalue weighted by molar-refractivity contribution is -0.183. The summed E-state index contributed by atoms with van der Waals surface area (Å²) in [7, 11) is 0. The van der Waals surface area contributed by atoms with Crippen LogP contribution >= 0.6 is 11.6 Å². The SMILES string of the molecule is O=C(NCCNC(=O)N1CCC[C@H](C(F)(F)F)C1)c1ccc(Cl)cc1. The lowest BCUT2D eigenvalue weighted by Gasteiger charge is -2.33. The Hall–Kier alpha value is -1.96. The molecule has 2 N–H and O–H groups in total. The van der Waals surface area contributed by atoms with Gasteiger partial charge in [-0.2, -0.15) is 13.2 Å². The molecule has 0 spiro atoms. The number of nitrogens with one attached hydrogen (secondary N) is 2. The Labute approximate surface area is 148 Å². The third-order valence-corrected chi connectivity index (χ3v) is 4.22. The Balaban J connectivity index is 1.71. The molecule has 1 aromatic carbocycles. The molecule has 0 radical (unpaired) electrons. The maximum Gasteiger partial charge on any atom is 0.393 e. The smallest absolute Gasteiger partial charge is 0.350 e. The minimum Gasteiger partial charge on any atom is -0.350 e. The van der Waals surface area contributed by atoms with E-state index in [2.05, 4.69) is 10.6 Å². The molecular formula is C16H19ClF3N3O2. The first-order valence-electron chi connectivity index (χ1n) is 7.90. The van der Waals surface area contributed by atoms with Gasteiger partial charge in [-0.25, -0.2) is 4.79 Å². The van der Waals surface area contributed by atoms with Gasteiger partial charge in [-0.05, 0) is 37.1 Å². The third-order valence-electron chi connectivity index (χ3n) is 3.96. The van der Waals surface area contributed by atoms with Crippen LogP contribution in [0, 0.1) is 5.92 Å². The second-order valence-electron chi connectivity index (χ2n) is 5.82. The van der Waals surface area contributed by atoms with Gasteiger partial charge in [0.25, 0.3) is 5.91 Å². The number of hydrogen-bond donors (Lipinski definition) is 2. The highest BCUT2D eigenvalue weighted by Gasteiger charge is 2.42. The molecular weight excluding hydrogens is 359 g/mol. The van der Waals surface area contributed by atoms with Gasteiger partial charge in [-0.3, -0.25) is 4.79 Å². The van der Waals surface area contributed by atoms with Crippen LogP contribution in [0.1, 0.15) is 23.2 Å². The van der Waals surface area contributed by atoms with E-state index >= 15 is 0 Å². The third kappa shape index (κ3) is 5.81. The zero-order valence-electron chi connectivity index (χ0n) is 13.4. The van der Waals surface area contributed by atoms with Gasteiger partial charge in [0.15, 0.2) is 0 Å². The molecule has 1 atom stereocenters. The summed E-state index contributed by atoms with van der Waals surface area (Å²) in [5.41, 5.74) is 0.430. The van der Waals surface area contributed by atoms with Crippen LogP contribution in [-0.4, -0.2) is 49.2 Å². The second-order valence-corrected chi connectivity index (χ2v) is 6.26. The van der Waals surface area contributed by atoms with Crippen LogP contribution in [0.5, 0.6) is 0 Å². The number of rotatable bonds is 4. The number of amides is 3. The Bertz CT molecular complexity index is 608. The number of likely N-dealkylation sites (tertiary alicyclic amines) is 1. The van der Waals surface area contributed by atoms with Gasteiger partial charge in [-0.1, -0.05) is 11.6 Å². The van der Waals surface area contributed by atoms with Gasteiger partial charge in [0.1, 0.15) is 0 Å². The molecule has 0 unspecified atom stereocenters. The van der Waals surface area contributed by atoms with E-state index in [0.29, 0.717) is 23.6 Å². The Morgan fingerprint density at radius 3 is 2.44 bits per heavy atom. The standard InChI is InChI=1S/C16H19ClF3N3O2/c17-13-5-3-11(4-6-13)14(24)21-7-8-22-15(25)23-9-1-2-12(10-23)16(18,19)20/h3-6,12H,1-2,7-10H2,(H,21,24)(H,22,25)/t12-/m0/s1. The topological polar surface area (TPSA) is 61.4 Å². The predicted molar refractivity (Wildman–Crippen MR) is 87.5 cm³/mol. The van der Waals surface area contributed by atoms with E-state index in [-0.39, 0.29) is 32.0 Å². The number of halogens is 4. The average Bonchev–Trinajstić information content (AvgIpc) is 2.58. The predicted octanol–water partition coefficient (Wildman–Crippen LogP) is 3.05. The lowest BCUT2D eigenvalue weighted by Crippen LogP contribution is -2.49. The van der Waals surface area contributed by atoms with Crippen molar-refractivity contribution in [1.29, 1.82) is 0 Å². The van der Waals surface area contributed by atoms with Crippen molar-refractivity contribution in [3.63, 3.8) is 0 Å². The molecule has 3 amide bonds. The van der Waals surface area contributed by atoms with Crippen LogP contribution in [0.25, 0.3) is 0 Å². The van der Waals surface area contributed by atoms with Crippen molar-refractivity contribution in [2.75, 3.05) is 26.2 Å². The summed E-state index contributed by atoms with van der Waals surface area (Å²) in [6, 6.07) is 5.77. The monoisotopic (exact) mass is 377 g/mol. The fourth-order valence-corrected chi connectivity index (χ4v) is 2.72. The molecule has 1 aliphatic rings. The number of nitrogens with zero attached hydrogens (tertiary/aromatic N) is 1. The second kappa shape index (κ2) is 8.42. The molecule has 138 valence electrons. The van der Waals surface area contributed by atoms with Crippen LogP contribution in [0.2, 0.25) is 5.02 Å². The van der Waals surface area contributed by atoms with E-state index < -0.39 is 18.1 Å². The molecule has 5 nitrogen and oxygen atoms in total. The van der Waals surface area contributed by atoms with E-state index in [0.717, 1.165) is 0 Å². The number of urea groups is 1. The number of carbonyl (C=O) groups excluding carboxylic acids is 2. The van der Waals surface area contributed by atoms with Crippen molar-refractivity contribution in [1.82, 2.24) is 15.5 Å². The van der Waals surface area contributed by atoms with E-state index in [1.165, 1.54) is 4.90 Å². The Morgan fingerprint density at radius 2 is 1.80 bits per heavy atom. The highest BCUT2D eigenvalue weighted by atomic mass is 35.5. The highest BCUT2D eigenvalue weighted by Crippen LogP contribution is 2.32. The van der Waals surface area contributed by atoms with Crippen LogP contribution in [0.4, 0.5) is 18.0 Å². The van der Waals surface area contributed by atoms with E-state index in [9.17, 15) is 22.8 Å². The first-order valence-corrected chi connectivity index (χ1v) is 8.28. The van der Waals surface area contributed by atoms with Crippen LogP contribution in [0.3, 0.4) is 0 Å². The minimum atomic E-state index is -4.29. The summed E-state index contributed by atoms with van der Waals surface area (Å²) in [4.78, 5) is 25.0. The quantitative estimate of drug-likeness (QED) is 0.792. The summed E-state index contributed by atoms with van der Waals surface area (Å²) in [5, 5.41) is 5.65. The summed E-state index contributed by atoms with van der Waals surface area (Å²) in [6.07, 6.45) is -3.92. The summed E-state index contributed by atoms with van der Waals surface area (Å²) >= 11 is 5.74. The maximum atomic E-state index is 12.7. The summed E-state index contributed by atoms with van der Waals surface area (Å²) in [6.45, 7) is 0.275. The fraction of sp³-hybridized carbons (Fsp3) is 0.500. The Morgan fingerprint density at radius 1 is 1.16 bits per heavy atom. The van der Waals surface area contributed by atoms with Gasteiger partial charge in [0.2, 0.25) is 0 Å². The highest BCUT2D eigenvalue weighted by molar-refractivity contribution is 6.30. The van der Waals surface area contributed by atoms with Crippen molar-refractivity contribution in [3.05, 3.63) is 34.9 Å². The summed E-state index contributed by atoms with van der Waals surface area (Å²) < 4.78 is 38.2. The molecule has 0 bridgehead atoms. The van der Waals surface area contributed by atoms with E-state index in [1.807, 2.05) is 0 Å². The molecule has 1 aromatic rings. The van der Waals surface area contributed by atoms with Crippen molar-refractivity contribution in [2.45, 2.75) is 19.0 Å². The first kappa shape index (κ1) is 19.4. The van der Waals surface area contributed by atoms with Gasteiger partial charge in [-0.15, -0.1) is 0 Å². The van der Waals surface area contributed by atoms with E-state index in [4.69, 9.17) is 11.6 Å². The molecule has 1 saturated heterocycles. The lowest BCUT2D eigenvalue weighted by atomic mass is 9.98. The van der Waals surface area contributed by atoms with Crippen molar-refractivity contribution in [2.24, 2.45) is 5.92 Å². The van der Waals surface area contributed by atoms with Gasteiger partial charge < -0.3 is 15.5 Å². The molecule has 0 aliphatic carbocycles. The summed E-state index contributed by atoms with van der Waals surface area (Å²) in [5.74, 6) is -1.79. The first-order chi connectivity index (χ1) is 11.8. The van der Waals surface area contributed by atoms with Crippen molar-refractivity contribution >= 4 is 23.5 Å². The van der Waals surface area contributed by atoms with Gasteiger partial charge in [0, 0.05) is 36.8 Å². The number of carbonyl (C=O) groups is 2. The van der Waals surface area contributed by atoms with Crippen molar-refractivity contribution < 1.29 is 22.8 Å². The maximum absolute atomic E-state index is 12.7. The molecule has 1 heterocycles. The van der Waals surface area contributed by atoms with Gasteiger partial charge >= 0.3 is 12.2 Å². The normalized spacial score (nSPS) is 17.9. The van der Waals surface area contributed by atoms with Crippen molar-refractivity contribution in [3.8, 4) is 0 Å². The fourth-order valence-electron chi connectivity index (χ4n) is 2.59. The zero-order valence-corrected chi connectivity index (χ0v) is 14.2. The van der Waals surface area contributed by atoms with Crippen LogP contribution in [-0.2, 0) is 0 Å². The molecule has 0 aromatic heterocycles. The number of piperidine rings is 1. The number of hydrogen-bond acceptors (Lipinski definition) is 2. The number of benzene rings is 1. The zero-order chi connectivity index (χ0) is 18.4. The average molecular weight is 378 g/mol. The molecule has 0 saturated carbocycles. The van der Waals surface area contributed by atoms with Crippen LogP contribution < -0.4 is 10.6 Å². The molecule has 1 fully saturated rings. The Kier molecular flexibility index (Phi) is 6.52. The van der Waals surface area contributed by atoms with E-state index in [1.54, 1.807) is 24.3 Å². The number of alkyl halides is 3.